The van der Waals surface area contributed by atoms with Crippen molar-refractivity contribution >= 4 is 12.0 Å². The van der Waals surface area contributed by atoms with Gasteiger partial charge in [-0.3, -0.25) is 0 Å². The smallest absolute Gasteiger partial charge is 0.331 e. The molecule has 29 heavy (non-hydrogen) atoms. The van der Waals surface area contributed by atoms with Crippen LogP contribution in [0, 0.1) is 22.7 Å². The Hall–Kier alpha value is -2.11. The van der Waals surface area contributed by atoms with Gasteiger partial charge in [0.1, 0.15) is 11.9 Å². The summed E-state index contributed by atoms with van der Waals surface area (Å²) < 4.78 is 11.6. The second-order valence-corrected chi connectivity index (χ2v) is 9.49. The van der Waals surface area contributed by atoms with E-state index in [4.69, 9.17) is 9.47 Å². The third kappa shape index (κ3) is 3.51. The van der Waals surface area contributed by atoms with Gasteiger partial charge in [-0.05, 0) is 59.9 Å². The number of phenols is 1. The summed E-state index contributed by atoms with van der Waals surface area (Å²) in [5.74, 6) is -0.0355. The molecule has 5 nitrogen and oxygen atoms in total. The van der Waals surface area contributed by atoms with Crippen molar-refractivity contribution in [2.45, 2.75) is 52.4 Å². The van der Waals surface area contributed by atoms with Crippen molar-refractivity contribution in [1.29, 1.82) is 0 Å². The summed E-state index contributed by atoms with van der Waals surface area (Å²) in [6.07, 6.45) is 6.89. The quantitative estimate of drug-likeness (QED) is 0.456. The lowest BCUT2D eigenvalue weighted by atomic mass is 9.47. The number of aromatic hydroxyl groups is 1. The van der Waals surface area contributed by atoms with E-state index in [0.29, 0.717) is 12.5 Å². The van der Waals surface area contributed by atoms with Gasteiger partial charge >= 0.3 is 5.97 Å². The first-order chi connectivity index (χ1) is 13.7. The Bertz CT molecular complexity index is 837. The fraction of sp³-hybridized carbons (Fsp3) is 0.542. The van der Waals surface area contributed by atoms with E-state index in [1.807, 2.05) is 0 Å². The van der Waals surface area contributed by atoms with Crippen LogP contribution < -0.4 is 0 Å². The third-order valence-corrected chi connectivity index (χ3v) is 7.39. The van der Waals surface area contributed by atoms with Crippen LogP contribution in [-0.2, 0) is 14.3 Å². The minimum Gasteiger partial charge on any atom is -0.508 e. The number of carbonyl (C=O) groups is 1. The van der Waals surface area contributed by atoms with Crippen molar-refractivity contribution in [3.63, 3.8) is 0 Å². The summed E-state index contributed by atoms with van der Waals surface area (Å²) in [6.45, 7) is 7.17. The Morgan fingerprint density at radius 3 is 2.69 bits per heavy atom. The van der Waals surface area contributed by atoms with E-state index in [-0.39, 0.29) is 34.6 Å². The second kappa shape index (κ2) is 7.29. The molecule has 2 N–H and O–H groups in total. The minimum atomic E-state index is -0.850. The van der Waals surface area contributed by atoms with Gasteiger partial charge in [-0.25, -0.2) is 4.79 Å². The largest absolute Gasteiger partial charge is 0.508 e. The monoisotopic (exact) mass is 398 g/mol. The lowest BCUT2D eigenvalue weighted by molar-refractivity contribution is -0.197. The molecule has 0 bridgehead atoms. The summed E-state index contributed by atoms with van der Waals surface area (Å²) >= 11 is 0. The molecule has 2 fully saturated rings. The molecule has 5 heteroatoms. The predicted octanol–water partition coefficient (Wildman–Crippen LogP) is 4.05. The highest BCUT2D eigenvalue weighted by Gasteiger charge is 2.61. The molecule has 0 amide bonds. The van der Waals surface area contributed by atoms with Gasteiger partial charge in [0.15, 0.2) is 6.29 Å². The molecule has 1 aliphatic heterocycles. The lowest BCUT2D eigenvalue weighted by Crippen LogP contribution is -2.58. The van der Waals surface area contributed by atoms with Crippen LogP contribution in [0.4, 0.5) is 0 Å². The molecular weight excluding hydrogens is 368 g/mol. The highest BCUT2D eigenvalue weighted by atomic mass is 16.6. The van der Waals surface area contributed by atoms with Crippen molar-refractivity contribution in [3.05, 3.63) is 47.6 Å². The number of aliphatic hydroxyl groups is 1. The third-order valence-electron chi connectivity index (χ3n) is 7.39. The Morgan fingerprint density at radius 2 is 1.97 bits per heavy atom. The molecular formula is C24H30O5. The molecule has 1 saturated heterocycles. The number of phenolic OH excluding ortho intramolecular Hbond substituents is 1. The Labute approximate surface area is 172 Å². The maximum absolute atomic E-state index is 12.6. The number of esters is 1. The van der Waals surface area contributed by atoms with Crippen molar-refractivity contribution in [1.82, 2.24) is 0 Å². The van der Waals surface area contributed by atoms with E-state index >= 15 is 0 Å². The summed E-state index contributed by atoms with van der Waals surface area (Å²) in [6, 6.07) is 6.64. The van der Waals surface area contributed by atoms with Gasteiger partial charge < -0.3 is 19.7 Å². The summed E-state index contributed by atoms with van der Waals surface area (Å²) in [5.41, 5.74) is 1.68. The minimum absolute atomic E-state index is 0.101. The first kappa shape index (κ1) is 20.2. The molecule has 156 valence electrons. The zero-order chi connectivity index (χ0) is 20.8. The highest BCUT2D eigenvalue weighted by molar-refractivity contribution is 5.87. The van der Waals surface area contributed by atoms with Crippen LogP contribution in [-0.4, -0.2) is 35.2 Å². The molecule has 3 aliphatic rings. The van der Waals surface area contributed by atoms with Crippen LogP contribution in [0.3, 0.4) is 0 Å². The molecule has 1 aromatic carbocycles. The molecule has 1 saturated carbocycles. The van der Waals surface area contributed by atoms with E-state index < -0.39 is 6.29 Å². The normalized spacial score (nSPS) is 35.7. The molecule has 0 aromatic heterocycles. The molecule has 1 aromatic rings. The van der Waals surface area contributed by atoms with Gasteiger partial charge in [0.25, 0.3) is 0 Å². The zero-order valence-electron chi connectivity index (χ0n) is 17.3. The molecule has 2 aliphatic carbocycles. The number of fused-ring (bicyclic) bond motifs is 3. The number of carbonyl (C=O) groups excluding carboxylic acids is 1. The van der Waals surface area contributed by atoms with E-state index in [0.717, 1.165) is 30.4 Å². The van der Waals surface area contributed by atoms with Crippen LogP contribution in [0.25, 0.3) is 6.08 Å². The van der Waals surface area contributed by atoms with Crippen LogP contribution >= 0.6 is 0 Å². The predicted molar refractivity (Wildman–Crippen MR) is 110 cm³/mol. The van der Waals surface area contributed by atoms with E-state index in [1.54, 1.807) is 30.3 Å². The van der Waals surface area contributed by atoms with Crippen LogP contribution in [0.15, 0.2) is 42.0 Å². The lowest BCUT2D eigenvalue weighted by Gasteiger charge is -2.58. The number of aliphatic hydroxyl groups excluding tert-OH is 1. The average molecular weight is 398 g/mol. The standard InChI is InChI=1S/C24H30O5/c1-23(2)13-12-19(29-20(26)11-6-15-4-8-17(25)9-5-15)24(3)18(23)10-7-16-14-28-22(27)21(16)24/h4-9,11,18-19,21-22,25,27H,10,12-14H2,1-3H3/t18-,19+,21+,22-,24+/m0/s1. The van der Waals surface area contributed by atoms with Crippen LogP contribution in [0.2, 0.25) is 0 Å². The topological polar surface area (TPSA) is 76.0 Å². The molecule has 0 spiro atoms. The summed E-state index contributed by atoms with van der Waals surface area (Å²) in [5, 5.41) is 20.0. The number of rotatable bonds is 3. The number of allylic oxidation sites excluding steroid dienone is 1. The fourth-order valence-corrected chi connectivity index (χ4v) is 5.87. The number of ether oxygens (including phenoxy) is 2. The van der Waals surface area contributed by atoms with Gasteiger partial charge in [-0.15, -0.1) is 0 Å². The van der Waals surface area contributed by atoms with Crippen LogP contribution in [0.5, 0.6) is 5.75 Å². The zero-order valence-corrected chi connectivity index (χ0v) is 17.3. The van der Waals surface area contributed by atoms with Crippen molar-refractivity contribution in [2.24, 2.45) is 22.7 Å². The van der Waals surface area contributed by atoms with Gasteiger partial charge in [-0.1, -0.05) is 39.0 Å². The molecule has 1 heterocycles. The second-order valence-electron chi connectivity index (χ2n) is 9.49. The maximum atomic E-state index is 12.6. The summed E-state index contributed by atoms with van der Waals surface area (Å²) in [4.78, 5) is 12.6. The van der Waals surface area contributed by atoms with Gasteiger partial charge in [0.2, 0.25) is 0 Å². The number of hydrogen-bond donors (Lipinski definition) is 2. The van der Waals surface area contributed by atoms with Crippen LogP contribution in [0.1, 0.15) is 45.6 Å². The molecule has 5 atom stereocenters. The van der Waals surface area contributed by atoms with Gasteiger partial charge in [0.05, 0.1) is 6.61 Å². The van der Waals surface area contributed by atoms with Gasteiger partial charge in [0, 0.05) is 17.4 Å². The Balaban J connectivity index is 1.57. The van der Waals surface area contributed by atoms with Crippen molar-refractivity contribution < 1.29 is 24.5 Å². The Kier molecular flexibility index (Phi) is 5.07. The van der Waals surface area contributed by atoms with E-state index in [2.05, 4.69) is 26.8 Å². The van der Waals surface area contributed by atoms with Crippen molar-refractivity contribution in [2.75, 3.05) is 6.61 Å². The highest BCUT2D eigenvalue weighted by Crippen LogP contribution is 2.62. The number of benzene rings is 1. The average Bonchev–Trinajstić information content (AvgIpc) is 3.06. The molecule has 4 rings (SSSR count). The molecule has 0 radical (unpaired) electrons. The maximum Gasteiger partial charge on any atom is 0.331 e. The molecule has 0 unspecified atom stereocenters. The van der Waals surface area contributed by atoms with E-state index in [9.17, 15) is 15.0 Å². The first-order valence-electron chi connectivity index (χ1n) is 10.4. The van der Waals surface area contributed by atoms with Gasteiger partial charge in [-0.2, -0.15) is 0 Å². The Morgan fingerprint density at radius 1 is 1.24 bits per heavy atom. The van der Waals surface area contributed by atoms with Crippen molar-refractivity contribution in [3.8, 4) is 5.75 Å². The first-order valence-corrected chi connectivity index (χ1v) is 10.4. The SMILES string of the molecule is CC1(C)CC[C@@H](OC(=O)C=Cc2ccc(O)cc2)[C@]2(C)[C@@H]3C(=CC[C@@H]12)CO[C@@H]3O. The number of hydrogen-bond acceptors (Lipinski definition) is 5. The fourth-order valence-electron chi connectivity index (χ4n) is 5.87. The summed E-state index contributed by atoms with van der Waals surface area (Å²) in [7, 11) is 0. The van der Waals surface area contributed by atoms with E-state index in [1.165, 1.54) is 6.08 Å².